The molecular weight excluding hydrogens is 741 g/mol. The summed E-state index contributed by atoms with van der Waals surface area (Å²) >= 11 is 1.97. The van der Waals surface area contributed by atoms with Crippen LogP contribution in [0.2, 0.25) is 0 Å². The molecule has 0 fully saturated rings. The molecule has 0 saturated heterocycles. The van der Waals surface area contributed by atoms with E-state index in [4.69, 9.17) is 13.3 Å². The third-order valence-corrected chi connectivity index (χ3v) is 10.4. The number of aliphatic hydroxyl groups is 1. The molecule has 0 spiro atoms. The second-order valence-electron chi connectivity index (χ2n) is 12.4. The highest BCUT2D eigenvalue weighted by atomic mass is 32.2. The molecule has 4 N–H and O–H groups in total. The molecule has 18 nitrogen and oxygen atoms in total. The van der Waals surface area contributed by atoms with E-state index in [1.54, 1.807) is 42.6 Å². The summed E-state index contributed by atoms with van der Waals surface area (Å²) in [6.45, 7) is 6.50. The highest BCUT2D eigenvalue weighted by molar-refractivity contribution is 8.14. The maximum absolute atomic E-state index is 14.0. The molecule has 280 valence electrons. The van der Waals surface area contributed by atoms with Gasteiger partial charge in [0, 0.05) is 21.6 Å². The lowest BCUT2D eigenvalue weighted by Crippen LogP contribution is -2.55. The Balaban J connectivity index is 1.40. The minimum atomic E-state index is -1.19. The largest absolute Gasteiger partial charge is 0.446 e. The van der Waals surface area contributed by atoms with Gasteiger partial charge in [0.15, 0.2) is 22.8 Å². The molecule has 1 unspecified atom stereocenters. The number of nitrogens with zero attached hydrogens (tertiary/aromatic N) is 7. The second-order valence-corrected chi connectivity index (χ2v) is 14.2. The van der Waals surface area contributed by atoms with Crippen LogP contribution in [0.3, 0.4) is 0 Å². The van der Waals surface area contributed by atoms with Gasteiger partial charge in [-0.05, 0) is 25.3 Å². The fourth-order valence-corrected chi connectivity index (χ4v) is 7.02. The Morgan fingerprint density at radius 2 is 1.70 bits per heavy atom. The van der Waals surface area contributed by atoms with Crippen molar-refractivity contribution in [2.45, 2.75) is 64.4 Å². The Morgan fingerprint density at radius 1 is 0.944 bits per heavy atom. The molecule has 6 atom stereocenters. The number of oxazole rings is 3. The van der Waals surface area contributed by atoms with Gasteiger partial charge in [0.1, 0.15) is 41.4 Å². The van der Waals surface area contributed by atoms with Crippen LogP contribution in [0.5, 0.6) is 0 Å². The van der Waals surface area contributed by atoms with Crippen molar-refractivity contribution in [2.75, 3.05) is 5.75 Å². The number of benzene rings is 1. The van der Waals surface area contributed by atoms with Gasteiger partial charge in [-0.3, -0.25) is 19.2 Å². The molecule has 1 aromatic carbocycles. The molecule has 54 heavy (non-hydrogen) atoms. The van der Waals surface area contributed by atoms with Crippen LogP contribution in [0.4, 0.5) is 0 Å². The van der Waals surface area contributed by atoms with E-state index < -0.39 is 53.1 Å². The number of thiazole rings is 1. The summed E-state index contributed by atoms with van der Waals surface area (Å²) in [6, 6.07) is 4.52. The van der Waals surface area contributed by atoms with Crippen molar-refractivity contribution in [3.63, 3.8) is 0 Å². The number of amides is 3. The van der Waals surface area contributed by atoms with Crippen LogP contribution in [0, 0.1) is 5.92 Å². The number of carbonyl (C=O) groups excluding carboxylic acids is 4. The molecular formula is C34H34N10O8S2. The second kappa shape index (κ2) is 16.5. The van der Waals surface area contributed by atoms with Gasteiger partial charge in [-0.25, -0.2) is 19.9 Å². The van der Waals surface area contributed by atoms with Crippen molar-refractivity contribution < 1.29 is 37.5 Å². The molecule has 5 aromatic rings. The molecule has 1 aliphatic heterocycles. The number of thioether (sulfide) groups is 1. The topological polar surface area (TPSA) is 264 Å². The van der Waals surface area contributed by atoms with E-state index in [0.717, 1.165) is 29.4 Å². The van der Waals surface area contributed by atoms with Gasteiger partial charge in [0.25, 0.3) is 5.91 Å². The third-order valence-electron chi connectivity index (χ3n) is 8.50. The van der Waals surface area contributed by atoms with Crippen LogP contribution in [0.15, 0.2) is 66.6 Å². The molecule has 20 heteroatoms. The van der Waals surface area contributed by atoms with Crippen LogP contribution in [-0.4, -0.2) is 71.8 Å². The molecule has 8 bridgehead atoms. The SMILES string of the molecule is CC[C@H](C)[C@H]1NC(=O)c2nc(oc2-c2ccccc2)-c2csc(n2)[C@@H](N=[N+]=[N-])CSC(=O)c2coc(n2)-c2coc(n2)C([C@@H](C)O)NC(=O)[C@H](C)NC1=O. The lowest BCUT2D eigenvalue weighted by molar-refractivity contribution is -0.131. The number of rotatable bonds is 5. The summed E-state index contributed by atoms with van der Waals surface area (Å²) in [5, 5.41) is 23.9. The summed E-state index contributed by atoms with van der Waals surface area (Å²) in [7, 11) is 0. The van der Waals surface area contributed by atoms with E-state index in [1.807, 2.05) is 6.92 Å². The molecule has 5 heterocycles. The van der Waals surface area contributed by atoms with Crippen LogP contribution in [0.25, 0.3) is 44.9 Å². The maximum atomic E-state index is 14.0. The maximum Gasteiger partial charge on any atom is 0.274 e. The number of nitrogens with one attached hydrogen (secondary N) is 3. The van der Waals surface area contributed by atoms with Gasteiger partial charge in [-0.1, -0.05) is 67.5 Å². The predicted octanol–water partition coefficient (Wildman–Crippen LogP) is 5.23. The number of carbonyl (C=O) groups is 4. The zero-order valence-corrected chi connectivity index (χ0v) is 30.9. The highest BCUT2D eigenvalue weighted by Gasteiger charge is 2.34. The van der Waals surface area contributed by atoms with E-state index >= 15 is 0 Å². The van der Waals surface area contributed by atoms with Crippen molar-refractivity contribution in [1.82, 2.24) is 35.9 Å². The van der Waals surface area contributed by atoms with Gasteiger partial charge in [-0.15, -0.1) is 11.3 Å². The molecule has 1 aliphatic rings. The molecule has 0 saturated carbocycles. The minimum absolute atomic E-state index is 0.00604. The first-order valence-corrected chi connectivity index (χ1v) is 18.6. The molecule has 3 amide bonds. The summed E-state index contributed by atoms with van der Waals surface area (Å²) in [5.74, 6) is -2.46. The Morgan fingerprint density at radius 3 is 2.43 bits per heavy atom. The van der Waals surface area contributed by atoms with E-state index in [1.165, 1.54) is 20.1 Å². The first-order valence-electron chi connectivity index (χ1n) is 16.7. The Kier molecular flexibility index (Phi) is 11.6. The molecule has 6 rings (SSSR count). The molecule has 4 aromatic heterocycles. The Hall–Kier alpha value is -5.82. The predicted molar refractivity (Wildman–Crippen MR) is 195 cm³/mol. The van der Waals surface area contributed by atoms with Gasteiger partial charge in [-0.2, -0.15) is 0 Å². The average molecular weight is 775 g/mol. The summed E-state index contributed by atoms with van der Waals surface area (Å²) in [4.78, 5) is 74.7. The van der Waals surface area contributed by atoms with Crippen molar-refractivity contribution in [2.24, 2.45) is 11.0 Å². The van der Waals surface area contributed by atoms with E-state index in [2.05, 4.69) is 45.9 Å². The smallest absolute Gasteiger partial charge is 0.274 e. The van der Waals surface area contributed by atoms with E-state index in [9.17, 15) is 29.8 Å². The zero-order chi connectivity index (χ0) is 38.5. The number of aliphatic hydroxyl groups excluding tert-OH is 1. The Bertz CT molecular complexity index is 2210. The highest BCUT2D eigenvalue weighted by Crippen LogP contribution is 2.34. The van der Waals surface area contributed by atoms with Gasteiger partial charge >= 0.3 is 0 Å². The number of hydrogen-bond donors (Lipinski definition) is 4. The number of fused-ring (bicyclic) bond motifs is 10. The van der Waals surface area contributed by atoms with Crippen LogP contribution >= 0.6 is 23.1 Å². The van der Waals surface area contributed by atoms with Crippen LogP contribution in [-0.2, 0) is 9.59 Å². The van der Waals surface area contributed by atoms with Crippen molar-refractivity contribution >= 4 is 45.9 Å². The third kappa shape index (κ3) is 8.21. The van der Waals surface area contributed by atoms with E-state index in [0.29, 0.717) is 17.0 Å². The number of aromatic nitrogens is 4. The number of hydrogen-bond acceptors (Lipinski definition) is 15. The van der Waals surface area contributed by atoms with Crippen LogP contribution < -0.4 is 16.0 Å². The molecule has 0 radical (unpaired) electrons. The lowest BCUT2D eigenvalue weighted by Gasteiger charge is -2.26. The summed E-state index contributed by atoms with van der Waals surface area (Å²) in [6.07, 6.45) is 1.63. The standard InChI is InChI=1S/C34H34N10O8S2/c1-5-15(2)23-28(47)36-16(3)27(46)41-24(17(4)45)32-37-19(11-51-32)30-38-20(12-50-30)34(49)54-14-22(43-44-35)33-39-21(13-53-33)31-42-25(29(48)40-23)26(52-31)18-9-7-6-8-10-18/h6-13,15-17,22-24,45H,5,14H2,1-4H3,(H,36,47)(H,40,48)(H,41,46)/t15-,16-,17+,22-,23+,24?/m0/s1. The fraction of sp³-hybridized carbons (Fsp3) is 0.353. The quantitative estimate of drug-likeness (QED) is 0.101. The van der Waals surface area contributed by atoms with Gasteiger partial charge in [0.05, 0.1) is 12.1 Å². The van der Waals surface area contributed by atoms with Crippen molar-refractivity contribution in [3.05, 3.63) is 81.0 Å². The van der Waals surface area contributed by atoms with Crippen molar-refractivity contribution in [1.29, 1.82) is 0 Å². The summed E-state index contributed by atoms with van der Waals surface area (Å²) < 4.78 is 17.2. The average Bonchev–Trinajstić information content (AvgIpc) is 4.00. The lowest BCUT2D eigenvalue weighted by atomic mass is 9.97. The van der Waals surface area contributed by atoms with Crippen molar-refractivity contribution in [3.8, 4) is 34.5 Å². The summed E-state index contributed by atoms with van der Waals surface area (Å²) in [5.41, 5.74) is 10.0. The minimum Gasteiger partial charge on any atom is -0.446 e. The van der Waals surface area contributed by atoms with Gasteiger partial charge < -0.3 is 34.3 Å². The normalized spacial score (nSPS) is 21.1. The fourth-order valence-electron chi connectivity index (χ4n) is 5.31. The van der Waals surface area contributed by atoms with E-state index in [-0.39, 0.29) is 57.9 Å². The van der Waals surface area contributed by atoms with Crippen LogP contribution in [0.1, 0.15) is 78.1 Å². The molecule has 0 aliphatic carbocycles. The first-order chi connectivity index (χ1) is 26.0. The Labute approximate surface area is 315 Å². The monoisotopic (exact) mass is 774 g/mol. The van der Waals surface area contributed by atoms with Gasteiger partial charge in [0.2, 0.25) is 34.6 Å². The zero-order valence-electron chi connectivity index (χ0n) is 29.2. The number of azide groups is 1. The first kappa shape index (κ1) is 37.9.